The van der Waals surface area contributed by atoms with Gasteiger partial charge in [-0.3, -0.25) is 14.0 Å². The molecule has 0 radical (unpaired) electrons. The molecule has 162 valence electrons. The van der Waals surface area contributed by atoms with E-state index in [1.165, 1.54) is 39.1 Å². The van der Waals surface area contributed by atoms with Crippen molar-refractivity contribution >= 4 is 45.6 Å². The summed E-state index contributed by atoms with van der Waals surface area (Å²) in [5.74, 6) is -0.382. The molecule has 0 aliphatic heterocycles. The quantitative estimate of drug-likeness (QED) is 0.326. The van der Waals surface area contributed by atoms with Crippen LogP contribution in [0.15, 0.2) is 75.9 Å². The third-order valence-corrected chi connectivity index (χ3v) is 6.27. The number of aromatic nitrogens is 2. The van der Waals surface area contributed by atoms with E-state index in [2.05, 4.69) is 10.3 Å². The summed E-state index contributed by atoms with van der Waals surface area (Å²) in [4.78, 5) is 42.4. The number of nitrogens with zero attached hydrogens (tertiary/aromatic N) is 2. The van der Waals surface area contributed by atoms with E-state index < -0.39 is 5.97 Å². The Morgan fingerprint density at radius 1 is 1.12 bits per heavy atom. The van der Waals surface area contributed by atoms with Gasteiger partial charge in [0.2, 0.25) is 5.91 Å². The van der Waals surface area contributed by atoms with Crippen molar-refractivity contribution in [3.8, 4) is 0 Å². The highest BCUT2D eigenvalue weighted by molar-refractivity contribution is 8.00. The van der Waals surface area contributed by atoms with Crippen LogP contribution in [-0.4, -0.2) is 27.0 Å². The van der Waals surface area contributed by atoms with E-state index >= 15 is 0 Å². The number of hydrogen-bond donors (Lipinski definition) is 1. The van der Waals surface area contributed by atoms with E-state index in [-0.39, 0.29) is 23.8 Å². The predicted octanol–water partition coefficient (Wildman–Crippen LogP) is 4.15. The maximum absolute atomic E-state index is 12.3. The van der Waals surface area contributed by atoms with Crippen molar-refractivity contribution in [3.05, 3.63) is 93.3 Å². The van der Waals surface area contributed by atoms with Gasteiger partial charge >= 0.3 is 5.97 Å². The summed E-state index contributed by atoms with van der Waals surface area (Å²) in [5, 5.41) is 4.58. The Hall–Kier alpha value is -3.43. The second-order valence-electron chi connectivity index (χ2n) is 6.94. The summed E-state index contributed by atoms with van der Waals surface area (Å²) in [5.41, 5.74) is 2.27. The van der Waals surface area contributed by atoms with Gasteiger partial charge in [0.25, 0.3) is 5.56 Å². The minimum Gasteiger partial charge on any atom is -0.456 e. The average Bonchev–Trinajstić information content (AvgIpc) is 3.27. The van der Waals surface area contributed by atoms with Gasteiger partial charge in [-0.2, -0.15) is 0 Å². The van der Waals surface area contributed by atoms with Crippen molar-refractivity contribution in [2.45, 2.75) is 18.4 Å². The van der Waals surface area contributed by atoms with Crippen LogP contribution in [0.1, 0.15) is 21.6 Å². The molecule has 0 saturated carbocycles. The van der Waals surface area contributed by atoms with E-state index in [4.69, 9.17) is 4.74 Å². The van der Waals surface area contributed by atoms with Crippen LogP contribution in [0.4, 0.5) is 5.69 Å². The number of carbonyl (C=O) groups is 2. The second-order valence-corrected chi connectivity index (χ2v) is 8.87. The number of hydrogen-bond acceptors (Lipinski definition) is 7. The van der Waals surface area contributed by atoms with Gasteiger partial charge in [-0.1, -0.05) is 17.7 Å². The molecule has 1 N–H and O–H groups in total. The van der Waals surface area contributed by atoms with Crippen molar-refractivity contribution in [2.75, 3.05) is 11.1 Å². The number of thiazole rings is 1. The molecule has 32 heavy (non-hydrogen) atoms. The smallest absolute Gasteiger partial charge is 0.338 e. The summed E-state index contributed by atoms with van der Waals surface area (Å²) in [7, 11) is 0. The van der Waals surface area contributed by atoms with Gasteiger partial charge < -0.3 is 10.1 Å². The van der Waals surface area contributed by atoms with Crippen molar-refractivity contribution in [1.29, 1.82) is 0 Å². The first-order chi connectivity index (χ1) is 15.5. The summed E-state index contributed by atoms with van der Waals surface area (Å²) in [6.07, 6.45) is 1.65. The Bertz CT molecular complexity index is 1310. The SMILES string of the molecule is Cc1ccc(SCC(=O)Nc2ccc(C(=O)OCc3cc(=O)n4ccsc4n3)cc2)cc1. The van der Waals surface area contributed by atoms with E-state index in [0.717, 1.165) is 4.90 Å². The van der Waals surface area contributed by atoms with Gasteiger partial charge in [-0.25, -0.2) is 9.78 Å². The normalized spacial score (nSPS) is 10.8. The molecule has 9 heteroatoms. The van der Waals surface area contributed by atoms with Crippen molar-refractivity contribution in [2.24, 2.45) is 0 Å². The number of aryl methyl sites for hydroxylation is 1. The number of thioether (sulfide) groups is 1. The molecule has 0 aliphatic rings. The minimum atomic E-state index is -0.536. The number of nitrogens with one attached hydrogen (secondary N) is 1. The lowest BCUT2D eigenvalue weighted by Gasteiger charge is -2.07. The molecule has 1 amide bonds. The zero-order chi connectivity index (χ0) is 22.5. The molecule has 0 fully saturated rings. The number of esters is 1. The lowest BCUT2D eigenvalue weighted by molar-refractivity contribution is -0.113. The number of benzene rings is 2. The third kappa shape index (κ3) is 5.43. The van der Waals surface area contributed by atoms with Crippen LogP contribution < -0.4 is 10.9 Å². The molecule has 4 aromatic rings. The first kappa shape index (κ1) is 21.8. The number of amides is 1. The Morgan fingerprint density at radius 3 is 2.62 bits per heavy atom. The van der Waals surface area contributed by atoms with Gasteiger partial charge in [0.05, 0.1) is 17.0 Å². The van der Waals surface area contributed by atoms with Crippen molar-refractivity contribution in [3.63, 3.8) is 0 Å². The minimum absolute atomic E-state index is 0.100. The number of rotatable bonds is 7. The molecule has 0 spiro atoms. The lowest BCUT2D eigenvalue weighted by atomic mass is 10.2. The zero-order valence-corrected chi connectivity index (χ0v) is 18.7. The molecular formula is C23H19N3O4S2. The first-order valence-electron chi connectivity index (χ1n) is 9.70. The maximum atomic E-state index is 12.3. The molecule has 0 aliphatic carbocycles. The van der Waals surface area contributed by atoms with Crippen molar-refractivity contribution < 1.29 is 14.3 Å². The molecular weight excluding hydrogens is 446 g/mol. The highest BCUT2D eigenvalue weighted by Gasteiger charge is 2.11. The van der Waals surface area contributed by atoms with Gasteiger partial charge in [-0.05, 0) is 43.3 Å². The number of fused-ring (bicyclic) bond motifs is 1. The van der Waals surface area contributed by atoms with Crippen LogP contribution in [0.3, 0.4) is 0 Å². The second kappa shape index (κ2) is 9.80. The van der Waals surface area contributed by atoms with Crippen LogP contribution in [0, 0.1) is 6.92 Å². The number of anilines is 1. The highest BCUT2D eigenvalue weighted by atomic mass is 32.2. The summed E-state index contributed by atoms with van der Waals surface area (Å²) >= 11 is 2.79. The summed E-state index contributed by atoms with van der Waals surface area (Å²) in [6.45, 7) is 1.92. The number of carbonyl (C=O) groups excluding carboxylic acids is 2. The standard InChI is InChI=1S/C23H19N3O4S2/c1-15-2-8-19(9-3-15)32-14-20(27)24-17-6-4-16(5-7-17)22(29)30-13-18-12-21(28)26-10-11-31-23(26)25-18/h2-12H,13-14H2,1H3,(H,24,27). The average molecular weight is 466 g/mol. The molecule has 4 rings (SSSR count). The molecule has 0 bridgehead atoms. The molecule has 2 heterocycles. The fraction of sp³-hybridized carbons (Fsp3) is 0.130. The topological polar surface area (TPSA) is 89.8 Å². The van der Waals surface area contributed by atoms with Gasteiger partial charge in [0.1, 0.15) is 6.61 Å². The Balaban J connectivity index is 1.29. The van der Waals surface area contributed by atoms with Gasteiger partial charge in [-0.15, -0.1) is 23.1 Å². The lowest BCUT2D eigenvalue weighted by Crippen LogP contribution is -2.15. The molecule has 0 unspecified atom stereocenters. The third-order valence-electron chi connectivity index (χ3n) is 4.50. The fourth-order valence-electron chi connectivity index (χ4n) is 2.85. The molecule has 0 saturated heterocycles. The van der Waals surface area contributed by atoms with Gasteiger partial charge in [0.15, 0.2) is 4.96 Å². The largest absolute Gasteiger partial charge is 0.456 e. The molecule has 2 aromatic heterocycles. The van der Waals surface area contributed by atoms with Crippen LogP contribution in [0.5, 0.6) is 0 Å². The summed E-state index contributed by atoms with van der Waals surface area (Å²) in [6, 6.07) is 15.8. The number of ether oxygens (including phenoxy) is 1. The van der Waals surface area contributed by atoms with Crippen LogP contribution >= 0.6 is 23.1 Å². The Labute approximate surface area is 192 Å². The van der Waals surface area contributed by atoms with E-state index in [9.17, 15) is 14.4 Å². The van der Waals surface area contributed by atoms with E-state index in [0.29, 0.717) is 21.9 Å². The maximum Gasteiger partial charge on any atom is 0.338 e. The highest BCUT2D eigenvalue weighted by Crippen LogP contribution is 2.19. The van der Waals surface area contributed by atoms with Crippen LogP contribution in [0.2, 0.25) is 0 Å². The molecule has 0 atom stereocenters. The Kier molecular flexibility index (Phi) is 6.67. The van der Waals surface area contributed by atoms with Crippen LogP contribution in [0.25, 0.3) is 4.96 Å². The monoisotopic (exact) mass is 465 g/mol. The summed E-state index contributed by atoms with van der Waals surface area (Å²) < 4.78 is 6.71. The molecule has 2 aromatic carbocycles. The fourth-order valence-corrected chi connectivity index (χ4v) is 4.29. The van der Waals surface area contributed by atoms with E-state index in [1.807, 2.05) is 31.2 Å². The van der Waals surface area contributed by atoms with Gasteiger partial charge in [0, 0.05) is 28.2 Å². The van der Waals surface area contributed by atoms with E-state index in [1.54, 1.807) is 35.8 Å². The van der Waals surface area contributed by atoms with Crippen molar-refractivity contribution in [1.82, 2.24) is 9.38 Å². The predicted molar refractivity (Wildman–Crippen MR) is 125 cm³/mol. The zero-order valence-electron chi connectivity index (χ0n) is 17.1. The van der Waals surface area contributed by atoms with Crippen LogP contribution in [-0.2, 0) is 16.1 Å². The first-order valence-corrected chi connectivity index (χ1v) is 11.6. The molecule has 7 nitrogen and oxygen atoms in total. The Morgan fingerprint density at radius 2 is 1.88 bits per heavy atom.